The number of ether oxygens (including phenoxy) is 6. The van der Waals surface area contributed by atoms with Gasteiger partial charge in [0.2, 0.25) is 0 Å². The predicted octanol–water partition coefficient (Wildman–Crippen LogP) is 2.99. The van der Waals surface area contributed by atoms with Crippen LogP contribution in [0.4, 0.5) is 0 Å². The fraction of sp³-hybridized carbons (Fsp3) is 0.700. The minimum Gasteiger partial charge on any atom is -0.368 e. The van der Waals surface area contributed by atoms with Crippen LogP contribution in [0.25, 0.3) is 0 Å². The molecule has 0 spiro atoms. The van der Waals surface area contributed by atoms with Gasteiger partial charge in [0.1, 0.15) is 24.4 Å². The smallest absolute Gasteiger partial charge is 0.198 e. The Kier molecular flexibility index (Phi) is 4.42. The SMILES string of the molecule is CC1(C)OCC([C@H]2O[C@@]3(C)OC(C)(C)O[C@@H]3[C@@H]2OCc2ccccc2)O1. The number of hydrogen-bond donors (Lipinski definition) is 0. The summed E-state index contributed by atoms with van der Waals surface area (Å²) in [6.45, 7) is 10.4. The highest BCUT2D eigenvalue weighted by Gasteiger charge is 2.65. The molecule has 0 saturated carbocycles. The van der Waals surface area contributed by atoms with Crippen LogP contribution in [-0.2, 0) is 35.0 Å². The van der Waals surface area contributed by atoms with Gasteiger partial charge in [-0.2, -0.15) is 0 Å². The lowest BCUT2D eigenvalue weighted by atomic mass is 10.0. The van der Waals surface area contributed by atoms with Crippen molar-refractivity contribution in [1.29, 1.82) is 0 Å². The second-order valence-corrected chi connectivity index (χ2v) is 8.27. The molecule has 3 aliphatic rings. The van der Waals surface area contributed by atoms with E-state index < -0.39 is 17.4 Å². The number of benzene rings is 1. The van der Waals surface area contributed by atoms with E-state index in [4.69, 9.17) is 28.4 Å². The molecular weight excluding hydrogens is 336 g/mol. The van der Waals surface area contributed by atoms with Crippen molar-refractivity contribution in [2.24, 2.45) is 0 Å². The lowest BCUT2D eigenvalue weighted by Gasteiger charge is -2.29. The van der Waals surface area contributed by atoms with E-state index in [1.54, 1.807) is 0 Å². The highest BCUT2D eigenvalue weighted by atomic mass is 16.9. The molecule has 0 amide bonds. The summed E-state index contributed by atoms with van der Waals surface area (Å²) in [6.07, 6.45) is -1.21. The van der Waals surface area contributed by atoms with Crippen molar-refractivity contribution >= 4 is 0 Å². The first-order valence-electron chi connectivity index (χ1n) is 9.21. The van der Waals surface area contributed by atoms with Gasteiger partial charge in [-0.25, -0.2) is 0 Å². The van der Waals surface area contributed by atoms with Gasteiger partial charge in [-0.1, -0.05) is 30.3 Å². The van der Waals surface area contributed by atoms with Gasteiger partial charge in [0.05, 0.1) is 13.2 Å². The number of fused-ring (bicyclic) bond motifs is 1. The van der Waals surface area contributed by atoms with E-state index in [1.165, 1.54) is 0 Å². The van der Waals surface area contributed by atoms with Crippen molar-refractivity contribution in [2.75, 3.05) is 6.61 Å². The average molecular weight is 364 g/mol. The van der Waals surface area contributed by atoms with E-state index in [-0.39, 0.29) is 24.4 Å². The fourth-order valence-corrected chi connectivity index (χ4v) is 4.06. The third-order valence-electron chi connectivity index (χ3n) is 5.05. The lowest BCUT2D eigenvalue weighted by molar-refractivity contribution is -0.270. The van der Waals surface area contributed by atoms with Gasteiger partial charge in [0.15, 0.2) is 17.4 Å². The zero-order valence-corrected chi connectivity index (χ0v) is 16.1. The Morgan fingerprint density at radius 2 is 1.69 bits per heavy atom. The van der Waals surface area contributed by atoms with Crippen molar-refractivity contribution in [2.45, 2.75) is 83.0 Å². The molecule has 0 radical (unpaired) electrons. The van der Waals surface area contributed by atoms with Gasteiger partial charge < -0.3 is 28.4 Å². The Morgan fingerprint density at radius 3 is 2.35 bits per heavy atom. The van der Waals surface area contributed by atoms with Gasteiger partial charge in [0.25, 0.3) is 0 Å². The number of hydrogen-bond acceptors (Lipinski definition) is 6. The zero-order valence-electron chi connectivity index (χ0n) is 16.1. The molecule has 3 heterocycles. The summed E-state index contributed by atoms with van der Waals surface area (Å²) in [6, 6.07) is 10.1. The van der Waals surface area contributed by atoms with Gasteiger partial charge in [0, 0.05) is 0 Å². The maximum absolute atomic E-state index is 6.31. The molecule has 5 atom stereocenters. The summed E-state index contributed by atoms with van der Waals surface area (Å²) in [7, 11) is 0. The zero-order chi connectivity index (χ0) is 18.6. The molecular formula is C20H28O6. The second kappa shape index (κ2) is 6.26. The monoisotopic (exact) mass is 364 g/mol. The molecule has 4 rings (SSSR count). The van der Waals surface area contributed by atoms with Crippen LogP contribution >= 0.6 is 0 Å². The molecule has 1 aromatic carbocycles. The van der Waals surface area contributed by atoms with Crippen LogP contribution in [0.1, 0.15) is 40.2 Å². The minimum absolute atomic E-state index is 0.233. The minimum atomic E-state index is -0.869. The molecule has 144 valence electrons. The van der Waals surface area contributed by atoms with E-state index in [2.05, 4.69) is 0 Å². The summed E-state index contributed by atoms with van der Waals surface area (Å²) in [4.78, 5) is 0. The van der Waals surface area contributed by atoms with Crippen LogP contribution in [0.2, 0.25) is 0 Å². The quantitative estimate of drug-likeness (QED) is 0.819. The summed E-state index contributed by atoms with van der Waals surface area (Å²) in [5.74, 6) is -2.21. The lowest BCUT2D eigenvalue weighted by Crippen LogP contribution is -2.44. The summed E-state index contributed by atoms with van der Waals surface area (Å²) >= 11 is 0. The van der Waals surface area contributed by atoms with Crippen molar-refractivity contribution in [3.8, 4) is 0 Å². The standard InChI is InChI=1S/C20H28O6/c1-18(2)22-12-14(23-18)15-16(21-11-13-9-7-6-8-10-13)17-20(5,24-15)26-19(3,4)25-17/h6-10,14-17H,11-12H2,1-5H3/t14?,15-,16-,17-,20+/m1/s1. The Morgan fingerprint density at radius 1 is 0.962 bits per heavy atom. The Balaban J connectivity index is 1.55. The largest absolute Gasteiger partial charge is 0.368 e. The van der Waals surface area contributed by atoms with E-state index in [0.29, 0.717) is 13.2 Å². The van der Waals surface area contributed by atoms with Crippen LogP contribution in [0.5, 0.6) is 0 Å². The van der Waals surface area contributed by atoms with Crippen LogP contribution in [0.15, 0.2) is 30.3 Å². The molecule has 26 heavy (non-hydrogen) atoms. The molecule has 3 aliphatic heterocycles. The molecule has 3 fully saturated rings. The maximum Gasteiger partial charge on any atom is 0.198 e. The molecule has 6 nitrogen and oxygen atoms in total. The fourth-order valence-electron chi connectivity index (χ4n) is 4.06. The maximum atomic E-state index is 6.31. The normalized spacial score (nSPS) is 40.7. The Bertz CT molecular complexity index is 645. The van der Waals surface area contributed by atoms with E-state index in [0.717, 1.165) is 5.56 Å². The van der Waals surface area contributed by atoms with E-state index >= 15 is 0 Å². The van der Waals surface area contributed by atoms with Crippen molar-refractivity contribution < 1.29 is 28.4 Å². The number of rotatable bonds is 4. The van der Waals surface area contributed by atoms with Gasteiger partial charge >= 0.3 is 0 Å². The predicted molar refractivity (Wildman–Crippen MR) is 93.2 cm³/mol. The Labute approximate surface area is 154 Å². The molecule has 1 unspecified atom stereocenters. The molecule has 3 saturated heterocycles. The first kappa shape index (κ1) is 18.3. The Hall–Kier alpha value is -1.02. The highest BCUT2D eigenvalue weighted by molar-refractivity contribution is 5.14. The molecule has 1 aromatic rings. The summed E-state index contributed by atoms with van der Waals surface area (Å²) in [5, 5.41) is 0. The first-order chi connectivity index (χ1) is 12.2. The molecule has 6 heteroatoms. The topological polar surface area (TPSA) is 55.4 Å². The van der Waals surface area contributed by atoms with E-state index in [9.17, 15) is 0 Å². The third kappa shape index (κ3) is 3.42. The van der Waals surface area contributed by atoms with Crippen LogP contribution in [-0.4, -0.2) is 48.4 Å². The molecule has 0 aliphatic carbocycles. The van der Waals surface area contributed by atoms with Crippen LogP contribution in [0.3, 0.4) is 0 Å². The van der Waals surface area contributed by atoms with E-state index in [1.807, 2.05) is 65.0 Å². The first-order valence-corrected chi connectivity index (χ1v) is 9.21. The summed E-state index contributed by atoms with van der Waals surface area (Å²) in [5.41, 5.74) is 1.10. The third-order valence-corrected chi connectivity index (χ3v) is 5.05. The summed E-state index contributed by atoms with van der Waals surface area (Å²) < 4.78 is 36.6. The van der Waals surface area contributed by atoms with Crippen molar-refractivity contribution in [1.82, 2.24) is 0 Å². The van der Waals surface area contributed by atoms with Gasteiger partial charge in [-0.15, -0.1) is 0 Å². The van der Waals surface area contributed by atoms with Crippen LogP contribution in [0, 0.1) is 0 Å². The van der Waals surface area contributed by atoms with Crippen molar-refractivity contribution in [3.63, 3.8) is 0 Å². The molecule has 0 bridgehead atoms. The highest BCUT2D eigenvalue weighted by Crippen LogP contribution is 2.48. The molecule has 0 N–H and O–H groups in total. The molecule has 0 aromatic heterocycles. The second-order valence-electron chi connectivity index (χ2n) is 8.27. The average Bonchev–Trinajstić information content (AvgIpc) is 3.12. The van der Waals surface area contributed by atoms with Crippen molar-refractivity contribution in [3.05, 3.63) is 35.9 Å². The van der Waals surface area contributed by atoms with Crippen LogP contribution < -0.4 is 0 Å². The van der Waals surface area contributed by atoms with Gasteiger partial charge in [-0.3, -0.25) is 0 Å². The van der Waals surface area contributed by atoms with Gasteiger partial charge in [-0.05, 0) is 40.2 Å².